The lowest BCUT2D eigenvalue weighted by atomic mass is 9.95. The molecule has 0 N–H and O–H groups in total. The first kappa shape index (κ1) is 6.34. The Hall–Kier alpha value is -0.780. The quantitative estimate of drug-likeness (QED) is 0.461. The molecule has 0 nitrogen and oxygen atoms in total. The molecule has 1 unspecified atom stereocenters. The van der Waals surface area contributed by atoms with E-state index in [1.807, 2.05) is 0 Å². The van der Waals surface area contributed by atoms with Gasteiger partial charge in [-0.15, -0.1) is 0 Å². The molecule has 0 heterocycles. The summed E-state index contributed by atoms with van der Waals surface area (Å²) >= 11 is 0. The lowest BCUT2D eigenvalue weighted by molar-refractivity contribution is 0.877. The van der Waals surface area contributed by atoms with Gasteiger partial charge in [-0.1, -0.05) is 37.3 Å². The van der Waals surface area contributed by atoms with Gasteiger partial charge in [-0.3, -0.25) is 0 Å². The van der Waals surface area contributed by atoms with Crippen molar-refractivity contribution in [3.8, 4) is 0 Å². The zero-order chi connectivity index (χ0) is 6.85. The average molecular weight is 120 g/mol. The second-order valence-electron chi connectivity index (χ2n) is 2.61. The van der Waals surface area contributed by atoms with Crippen LogP contribution in [0.1, 0.15) is 13.8 Å². The standard InChI is InChI=1S/C9H12/c1-7-4-5-8(2)9(3)6-7/h4-6,9H,2H2,1,3H3. The van der Waals surface area contributed by atoms with Crippen molar-refractivity contribution < 1.29 is 0 Å². The summed E-state index contributed by atoms with van der Waals surface area (Å²) in [6.45, 7) is 8.17. The lowest BCUT2D eigenvalue weighted by Gasteiger charge is -2.11. The van der Waals surface area contributed by atoms with E-state index in [1.54, 1.807) is 0 Å². The molecule has 1 aliphatic rings. The van der Waals surface area contributed by atoms with Crippen LogP contribution in [-0.4, -0.2) is 0 Å². The second kappa shape index (κ2) is 2.22. The fourth-order valence-electron chi connectivity index (χ4n) is 0.947. The molecule has 1 rings (SSSR count). The van der Waals surface area contributed by atoms with Gasteiger partial charge in [0.2, 0.25) is 0 Å². The van der Waals surface area contributed by atoms with E-state index in [1.165, 1.54) is 11.1 Å². The van der Waals surface area contributed by atoms with E-state index in [-0.39, 0.29) is 0 Å². The van der Waals surface area contributed by atoms with Crippen LogP contribution in [0.2, 0.25) is 0 Å². The van der Waals surface area contributed by atoms with E-state index in [9.17, 15) is 0 Å². The van der Waals surface area contributed by atoms with Gasteiger partial charge in [-0.2, -0.15) is 0 Å². The summed E-state index contributed by atoms with van der Waals surface area (Å²) in [5.41, 5.74) is 2.55. The Labute approximate surface area is 56.6 Å². The predicted molar refractivity (Wildman–Crippen MR) is 41.2 cm³/mol. The molecule has 0 saturated carbocycles. The van der Waals surface area contributed by atoms with Crippen molar-refractivity contribution in [2.24, 2.45) is 5.92 Å². The number of rotatable bonds is 0. The highest BCUT2D eigenvalue weighted by Gasteiger charge is 2.03. The fraction of sp³-hybridized carbons (Fsp3) is 0.333. The minimum atomic E-state index is 0.537. The zero-order valence-corrected chi connectivity index (χ0v) is 6.02. The number of hydrogen-bond donors (Lipinski definition) is 0. The molecule has 0 amide bonds. The van der Waals surface area contributed by atoms with E-state index in [4.69, 9.17) is 0 Å². The van der Waals surface area contributed by atoms with Crippen LogP contribution in [-0.2, 0) is 0 Å². The Morgan fingerprint density at radius 2 is 2.11 bits per heavy atom. The summed E-state index contributed by atoms with van der Waals surface area (Å²) in [5.74, 6) is 0.537. The molecule has 0 heteroatoms. The first-order chi connectivity index (χ1) is 4.20. The van der Waals surface area contributed by atoms with Gasteiger partial charge in [0.15, 0.2) is 0 Å². The molecule has 9 heavy (non-hydrogen) atoms. The Kier molecular flexibility index (Phi) is 1.56. The maximum absolute atomic E-state index is 3.90. The van der Waals surface area contributed by atoms with Crippen molar-refractivity contribution in [1.29, 1.82) is 0 Å². The van der Waals surface area contributed by atoms with Crippen LogP contribution in [0.15, 0.2) is 36.0 Å². The van der Waals surface area contributed by atoms with Crippen LogP contribution in [0.4, 0.5) is 0 Å². The molecule has 1 aliphatic carbocycles. The Balaban J connectivity index is 2.82. The first-order valence-corrected chi connectivity index (χ1v) is 3.25. The SMILES string of the molecule is C=C1C=CC(C)=CC1C. The van der Waals surface area contributed by atoms with Crippen LogP contribution in [0.5, 0.6) is 0 Å². The molecule has 0 bridgehead atoms. The zero-order valence-electron chi connectivity index (χ0n) is 6.02. The van der Waals surface area contributed by atoms with Crippen LogP contribution in [0.25, 0.3) is 0 Å². The molecule has 48 valence electrons. The van der Waals surface area contributed by atoms with Gasteiger partial charge in [0, 0.05) is 0 Å². The van der Waals surface area contributed by atoms with E-state index in [2.05, 4.69) is 38.7 Å². The van der Waals surface area contributed by atoms with Gasteiger partial charge in [-0.25, -0.2) is 0 Å². The van der Waals surface area contributed by atoms with Crippen LogP contribution in [0.3, 0.4) is 0 Å². The molecule has 0 saturated heterocycles. The normalized spacial score (nSPS) is 26.2. The molecule has 0 fully saturated rings. The summed E-state index contributed by atoms with van der Waals surface area (Å²) in [6.07, 6.45) is 6.41. The van der Waals surface area contributed by atoms with Crippen LogP contribution < -0.4 is 0 Å². The highest BCUT2D eigenvalue weighted by Crippen LogP contribution is 2.19. The van der Waals surface area contributed by atoms with E-state index < -0.39 is 0 Å². The molecule has 0 spiro atoms. The van der Waals surface area contributed by atoms with E-state index >= 15 is 0 Å². The van der Waals surface area contributed by atoms with Crippen molar-refractivity contribution in [2.75, 3.05) is 0 Å². The van der Waals surface area contributed by atoms with Crippen LogP contribution >= 0.6 is 0 Å². The van der Waals surface area contributed by atoms with Crippen molar-refractivity contribution in [3.63, 3.8) is 0 Å². The summed E-state index contributed by atoms with van der Waals surface area (Å²) in [4.78, 5) is 0. The molecule has 0 aromatic carbocycles. The van der Waals surface area contributed by atoms with Crippen molar-refractivity contribution in [3.05, 3.63) is 36.0 Å². The van der Waals surface area contributed by atoms with E-state index in [0.717, 1.165) is 0 Å². The average Bonchev–Trinajstić information content (AvgIpc) is 1.80. The van der Waals surface area contributed by atoms with Gasteiger partial charge in [-0.05, 0) is 18.4 Å². The van der Waals surface area contributed by atoms with Gasteiger partial charge >= 0.3 is 0 Å². The maximum atomic E-state index is 3.90. The lowest BCUT2D eigenvalue weighted by Crippen LogP contribution is -1.95. The van der Waals surface area contributed by atoms with Crippen molar-refractivity contribution in [1.82, 2.24) is 0 Å². The molecular weight excluding hydrogens is 108 g/mol. The highest BCUT2D eigenvalue weighted by molar-refractivity contribution is 5.34. The molecule has 0 aliphatic heterocycles. The third kappa shape index (κ3) is 1.32. The number of hydrogen-bond acceptors (Lipinski definition) is 0. The first-order valence-electron chi connectivity index (χ1n) is 3.25. The van der Waals surface area contributed by atoms with Crippen LogP contribution in [0, 0.1) is 5.92 Å². The Morgan fingerprint density at radius 1 is 1.44 bits per heavy atom. The molecular formula is C9H12. The van der Waals surface area contributed by atoms with Gasteiger partial charge in [0.25, 0.3) is 0 Å². The smallest absolute Gasteiger partial charge is 0.00106 e. The molecule has 0 radical (unpaired) electrons. The number of allylic oxidation sites excluding steroid dienone is 5. The minimum absolute atomic E-state index is 0.537. The summed E-state index contributed by atoms with van der Waals surface area (Å²) < 4.78 is 0. The van der Waals surface area contributed by atoms with E-state index in [0.29, 0.717) is 5.92 Å². The minimum Gasteiger partial charge on any atom is -0.0952 e. The largest absolute Gasteiger partial charge is 0.0952 e. The monoisotopic (exact) mass is 120 g/mol. The summed E-state index contributed by atoms with van der Waals surface area (Å²) in [7, 11) is 0. The Morgan fingerprint density at radius 3 is 2.56 bits per heavy atom. The molecule has 0 aromatic heterocycles. The highest BCUT2D eigenvalue weighted by atomic mass is 14.1. The summed E-state index contributed by atoms with van der Waals surface area (Å²) in [5, 5.41) is 0. The van der Waals surface area contributed by atoms with Crippen molar-refractivity contribution in [2.45, 2.75) is 13.8 Å². The topological polar surface area (TPSA) is 0 Å². The molecule has 1 atom stereocenters. The molecule has 0 aromatic rings. The fourth-order valence-corrected chi connectivity index (χ4v) is 0.947. The summed E-state index contributed by atoms with van der Waals surface area (Å²) in [6, 6.07) is 0. The third-order valence-electron chi connectivity index (χ3n) is 1.66. The van der Waals surface area contributed by atoms with Crippen molar-refractivity contribution >= 4 is 0 Å². The van der Waals surface area contributed by atoms with Gasteiger partial charge < -0.3 is 0 Å². The maximum Gasteiger partial charge on any atom is -0.00106 e. The predicted octanol–water partition coefficient (Wildman–Crippen LogP) is 2.69. The van der Waals surface area contributed by atoms with Gasteiger partial charge in [0.1, 0.15) is 0 Å². The third-order valence-corrected chi connectivity index (χ3v) is 1.66. The van der Waals surface area contributed by atoms with Gasteiger partial charge in [0.05, 0.1) is 0 Å². The second-order valence-corrected chi connectivity index (χ2v) is 2.61. The Bertz CT molecular complexity index is 182.